The highest BCUT2D eigenvalue weighted by molar-refractivity contribution is 6.36. The Morgan fingerprint density at radius 3 is 2.38 bits per heavy atom. The van der Waals surface area contributed by atoms with Gasteiger partial charge in [0.2, 0.25) is 11.2 Å². The van der Waals surface area contributed by atoms with Crippen molar-refractivity contribution in [3.8, 4) is 11.4 Å². The molecule has 2 rings (SSSR count). The van der Waals surface area contributed by atoms with Gasteiger partial charge in [-0.3, -0.25) is 0 Å². The molecule has 4 nitrogen and oxygen atoms in total. The molecular weight excluding hydrogens is 270 g/mol. The van der Waals surface area contributed by atoms with Gasteiger partial charge in [-0.2, -0.15) is 15.0 Å². The van der Waals surface area contributed by atoms with Gasteiger partial charge in [0, 0.05) is 10.6 Å². The number of hydrogen-bond donors (Lipinski definition) is 1. The van der Waals surface area contributed by atoms with Crippen LogP contribution in [0.3, 0.4) is 0 Å². The van der Waals surface area contributed by atoms with Crippen molar-refractivity contribution in [1.29, 1.82) is 0 Å². The zero-order valence-electron chi connectivity index (χ0n) is 7.78. The number of rotatable bonds is 1. The van der Waals surface area contributed by atoms with E-state index in [1.165, 1.54) is 0 Å². The van der Waals surface area contributed by atoms with Gasteiger partial charge in [-0.15, -0.1) is 0 Å². The normalized spacial score (nSPS) is 10.4. The van der Waals surface area contributed by atoms with Crippen LogP contribution in [-0.2, 0) is 0 Å². The minimum atomic E-state index is 0.0218. The number of hydrogen-bond acceptors (Lipinski definition) is 4. The molecule has 0 amide bonds. The molecule has 0 saturated carbocycles. The van der Waals surface area contributed by atoms with E-state index in [0.29, 0.717) is 21.4 Å². The fraction of sp³-hybridized carbons (Fsp3) is 0. The van der Waals surface area contributed by atoms with Crippen LogP contribution in [0.2, 0.25) is 15.3 Å². The molecule has 2 aromatic rings. The maximum atomic E-state index is 6.00. The molecule has 0 fully saturated rings. The number of nitrogens with two attached hydrogens (primary N) is 1. The van der Waals surface area contributed by atoms with Crippen molar-refractivity contribution < 1.29 is 0 Å². The monoisotopic (exact) mass is 274 g/mol. The Labute approximate surface area is 106 Å². The third-order valence-corrected chi connectivity index (χ3v) is 2.51. The summed E-state index contributed by atoms with van der Waals surface area (Å²) in [4.78, 5) is 11.5. The first kappa shape index (κ1) is 11.4. The lowest BCUT2D eigenvalue weighted by molar-refractivity contribution is 1.07. The van der Waals surface area contributed by atoms with Gasteiger partial charge in [-0.1, -0.05) is 23.2 Å². The first-order chi connectivity index (χ1) is 7.56. The molecule has 0 aliphatic carbocycles. The third-order valence-electron chi connectivity index (χ3n) is 1.80. The van der Waals surface area contributed by atoms with Crippen LogP contribution in [0.4, 0.5) is 5.95 Å². The summed E-state index contributed by atoms with van der Waals surface area (Å²) in [7, 11) is 0. The molecule has 16 heavy (non-hydrogen) atoms. The van der Waals surface area contributed by atoms with Crippen molar-refractivity contribution in [3.05, 3.63) is 33.5 Å². The standard InChI is InChI=1S/C9H5Cl3N4/c10-4-1-2-5(6(11)3-4)7-14-8(12)16-9(13)15-7/h1-3H,(H2,13,14,15,16). The Kier molecular flexibility index (Phi) is 3.14. The molecule has 1 heterocycles. The fourth-order valence-corrected chi connectivity index (χ4v) is 1.82. The number of benzene rings is 1. The van der Waals surface area contributed by atoms with Gasteiger partial charge in [-0.05, 0) is 29.8 Å². The summed E-state index contributed by atoms with van der Waals surface area (Å²) in [5, 5.41) is 0.976. The zero-order valence-corrected chi connectivity index (χ0v) is 10.1. The molecular formula is C9H5Cl3N4. The van der Waals surface area contributed by atoms with Crippen LogP contribution in [0.5, 0.6) is 0 Å². The Morgan fingerprint density at radius 2 is 1.75 bits per heavy atom. The minimum Gasteiger partial charge on any atom is -0.368 e. The highest BCUT2D eigenvalue weighted by atomic mass is 35.5. The molecule has 1 aromatic heterocycles. The van der Waals surface area contributed by atoms with E-state index in [1.807, 2.05) is 0 Å². The first-order valence-corrected chi connectivity index (χ1v) is 5.32. The Hall–Kier alpha value is -1.10. The third kappa shape index (κ3) is 2.35. The van der Waals surface area contributed by atoms with Crippen molar-refractivity contribution >= 4 is 40.8 Å². The van der Waals surface area contributed by atoms with Crippen LogP contribution in [0.1, 0.15) is 0 Å². The van der Waals surface area contributed by atoms with Crippen molar-refractivity contribution in [2.45, 2.75) is 0 Å². The summed E-state index contributed by atoms with van der Waals surface area (Å²) in [6, 6.07) is 4.96. The SMILES string of the molecule is Nc1nc(Cl)nc(-c2ccc(Cl)cc2Cl)n1. The number of halogens is 3. The molecule has 0 atom stereocenters. The van der Waals surface area contributed by atoms with Gasteiger partial charge in [0.1, 0.15) is 0 Å². The molecule has 1 aromatic carbocycles. The van der Waals surface area contributed by atoms with E-state index in [2.05, 4.69) is 15.0 Å². The molecule has 0 saturated heterocycles. The topological polar surface area (TPSA) is 64.7 Å². The quantitative estimate of drug-likeness (QED) is 0.868. The van der Waals surface area contributed by atoms with Crippen LogP contribution in [0.15, 0.2) is 18.2 Å². The van der Waals surface area contributed by atoms with Crippen LogP contribution >= 0.6 is 34.8 Å². The predicted octanol–water partition coefficient (Wildman–Crippen LogP) is 3.08. The van der Waals surface area contributed by atoms with Crippen molar-refractivity contribution in [2.75, 3.05) is 5.73 Å². The second-order valence-corrected chi connectivity index (χ2v) is 4.09. The fourth-order valence-electron chi connectivity index (χ4n) is 1.16. The average molecular weight is 276 g/mol. The van der Waals surface area contributed by atoms with Crippen LogP contribution in [-0.4, -0.2) is 15.0 Å². The van der Waals surface area contributed by atoms with Gasteiger partial charge in [0.25, 0.3) is 0 Å². The summed E-state index contributed by atoms with van der Waals surface area (Å²) < 4.78 is 0. The molecule has 0 spiro atoms. The van der Waals surface area contributed by atoms with Crippen molar-refractivity contribution in [3.63, 3.8) is 0 Å². The molecule has 82 valence electrons. The van der Waals surface area contributed by atoms with Gasteiger partial charge in [0.15, 0.2) is 5.82 Å². The van der Waals surface area contributed by atoms with E-state index in [-0.39, 0.29) is 11.2 Å². The van der Waals surface area contributed by atoms with Gasteiger partial charge < -0.3 is 5.73 Å². The summed E-state index contributed by atoms with van der Waals surface area (Å²) in [5.74, 6) is 0.361. The van der Waals surface area contributed by atoms with E-state index >= 15 is 0 Å². The summed E-state index contributed by atoms with van der Waals surface area (Å²) in [6.45, 7) is 0. The molecule has 0 aliphatic rings. The second kappa shape index (κ2) is 4.41. The van der Waals surface area contributed by atoms with Crippen molar-refractivity contribution in [1.82, 2.24) is 15.0 Å². The molecule has 0 unspecified atom stereocenters. The summed E-state index contributed by atoms with van der Waals surface area (Å²) in [6.07, 6.45) is 0. The predicted molar refractivity (Wildman–Crippen MR) is 64.7 cm³/mol. The second-order valence-electron chi connectivity index (χ2n) is 2.91. The lowest BCUT2D eigenvalue weighted by Crippen LogP contribution is -2.00. The Morgan fingerprint density at radius 1 is 1.00 bits per heavy atom. The van der Waals surface area contributed by atoms with E-state index in [9.17, 15) is 0 Å². The van der Waals surface area contributed by atoms with E-state index < -0.39 is 0 Å². The number of anilines is 1. The molecule has 7 heteroatoms. The van der Waals surface area contributed by atoms with Crippen LogP contribution < -0.4 is 5.73 Å². The van der Waals surface area contributed by atoms with Crippen molar-refractivity contribution in [2.24, 2.45) is 0 Å². The summed E-state index contributed by atoms with van der Waals surface area (Å²) >= 11 is 17.5. The average Bonchev–Trinajstić information content (AvgIpc) is 2.15. The van der Waals surface area contributed by atoms with Gasteiger partial charge >= 0.3 is 0 Å². The Balaban J connectivity index is 2.58. The number of nitrogen functional groups attached to an aromatic ring is 1. The number of aromatic nitrogens is 3. The highest BCUT2D eigenvalue weighted by Gasteiger charge is 2.09. The van der Waals surface area contributed by atoms with E-state index in [4.69, 9.17) is 40.5 Å². The van der Waals surface area contributed by atoms with Gasteiger partial charge in [-0.25, -0.2) is 0 Å². The smallest absolute Gasteiger partial charge is 0.227 e. The maximum Gasteiger partial charge on any atom is 0.227 e. The molecule has 0 radical (unpaired) electrons. The molecule has 0 bridgehead atoms. The van der Waals surface area contributed by atoms with E-state index in [1.54, 1.807) is 18.2 Å². The van der Waals surface area contributed by atoms with Gasteiger partial charge in [0.05, 0.1) is 5.02 Å². The molecule has 2 N–H and O–H groups in total. The highest BCUT2D eigenvalue weighted by Crippen LogP contribution is 2.28. The van der Waals surface area contributed by atoms with E-state index in [0.717, 1.165) is 0 Å². The Bertz CT molecular complexity index is 524. The maximum absolute atomic E-state index is 6.00. The summed E-state index contributed by atoms with van der Waals surface area (Å²) in [5.41, 5.74) is 6.06. The van der Waals surface area contributed by atoms with Crippen LogP contribution in [0, 0.1) is 0 Å². The zero-order chi connectivity index (χ0) is 11.7. The largest absolute Gasteiger partial charge is 0.368 e. The lowest BCUT2D eigenvalue weighted by Gasteiger charge is -2.03. The minimum absolute atomic E-state index is 0.0218. The first-order valence-electron chi connectivity index (χ1n) is 4.19. The lowest BCUT2D eigenvalue weighted by atomic mass is 10.2. The number of nitrogens with zero attached hydrogens (tertiary/aromatic N) is 3. The molecule has 0 aliphatic heterocycles. The van der Waals surface area contributed by atoms with Crippen LogP contribution in [0.25, 0.3) is 11.4 Å².